The van der Waals surface area contributed by atoms with Crippen LogP contribution in [0.1, 0.15) is 22.3 Å². The molecule has 0 unspecified atom stereocenters. The zero-order chi connectivity index (χ0) is 40.2. The molecule has 0 aliphatic carbocycles. The van der Waals surface area contributed by atoms with Gasteiger partial charge in [0.25, 0.3) is 0 Å². The Morgan fingerprint density at radius 3 is 0.860 bits per heavy atom. The van der Waals surface area contributed by atoms with Crippen LogP contribution in [0.3, 0.4) is 0 Å². The minimum absolute atomic E-state index is 2.80. The molecule has 0 saturated heterocycles. The molecule has 0 fully saturated rings. The van der Waals surface area contributed by atoms with Crippen LogP contribution in [0.15, 0.2) is 12.2 Å². The number of alkyl halides is 8. The largest absolute Gasteiger partial charge is 0.436 e. The van der Waals surface area contributed by atoms with Gasteiger partial charge in [-0.2, -0.15) is 61.1 Å². The van der Waals surface area contributed by atoms with Gasteiger partial charge in [0.05, 0.1) is 11.1 Å². The topological polar surface area (TPSA) is 88.5 Å². The normalized spacial score (nSPS) is 13.1. The predicted octanol–water partition coefficient (Wildman–Crippen LogP) is 9.38. The summed E-state index contributed by atoms with van der Waals surface area (Å²) in [5.74, 6) is -46.4. The lowest BCUT2D eigenvalue weighted by Crippen LogP contribution is -2.46. The summed E-state index contributed by atoms with van der Waals surface area (Å²) in [6.07, 6.45) is -7.07. The van der Waals surface area contributed by atoms with Crippen LogP contribution in [0.5, 0.6) is 0 Å². The molecule has 0 saturated carbocycles. The molecule has 2 aromatic carbocycles. The lowest BCUT2D eigenvalue weighted by atomic mass is 10.0. The minimum atomic E-state index is -7.07. The van der Waals surface area contributed by atoms with Crippen molar-refractivity contribution in [2.24, 2.45) is 0 Å². The van der Waals surface area contributed by atoms with Crippen molar-refractivity contribution in [3.8, 4) is 0 Å². The Kier molecular flexibility index (Phi) is 12.4. The van der Waals surface area contributed by atoms with Gasteiger partial charge in [-0.05, 0) is 0 Å². The standard InChI is InChI=1S/C10ClF11O2S.C10HF11O3S/c11-25(23,24)10(21,22)9(19,20)2-6(15)3(12)1(4(13)7(2)16)5(14)8(17)18;11-3-1(5(13)8(16)17)4(12)7(15)2(6(3)14)9(18,19)10(20,21)25(22,23)24/h;(H,22,23,24). The van der Waals surface area contributed by atoms with E-state index < -0.39 is 134 Å². The van der Waals surface area contributed by atoms with Gasteiger partial charge >= 0.3 is 53.7 Å². The van der Waals surface area contributed by atoms with E-state index >= 15 is 0 Å². The van der Waals surface area contributed by atoms with Gasteiger partial charge in [-0.1, -0.05) is 0 Å². The van der Waals surface area contributed by atoms with E-state index in [0.29, 0.717) is 0 Å². The maximum atomic E-state index is 13.5. The van der Waals surface area contributed by atoms with E-state index in [4.69, 9.17) is 4.55 Å². The second-order valence-electron chi connectivity index (χ2n) is 8.26. The Labute approximate surface area is 263 Å². The van der Waals surface area contributed by atoms with E-state index in [9.17, 15) is 113 Å². The SMILES string of the molecule is O=S(=O)(Cl)C(F)(F)C(F)(F)c1c(F)c(F)c(C(F)=C(F)F)c(F)c1F.O=S(=O)(O)C(F)(F)C(F)(F)c1c(F)c(F)c(C(F)=C(F)F)c(F)c1F. The van der Waals surface area contributed by atoms with Crippen molar-refractivity contribution < 1.29 is 118 Å². The third kappa shape index (κ3) is 7.16. The van der Waals surface area contributed by atoms with Gasteiger partial charge < -0.3 is 0 Å². The van der Waals surface area contributed by atoms with Crippen molar-refractivity contribution in [2.75, 3.05) is 0 Å². The fourth-order valence-electron chi connectivity index (χ4n) is 3.00. The Morgan fingerprint density at radius 1 is 0.460 bits per heavy atom. The van der Waals surface area contributed by atoms with Crippen molar-refractivity contribution in [1.29, 1.82) is 0 Å². The molecule has 284 valence electrons. The van der Waals surface area contributed by atoms with Crippen LogP contribution >= 0.6 is 10.7 Å². The molecule has 2 rings (SSSR count). The Balaban J connectivity index is 0.000000500. The number of hydrogen-bond donors (Lipinski definition) is 1. The summed E-state index contributed by atoms with van der Waals surface area (Å²) in [6.45, 7) is 0. The number of benzene rings is 2. The van der Waals surface area contributed by atoms with E-state index in [1.807, 2.05) is 0 Å². The Morgan fingerprint density at radius 2 is 0.680 bits per heavy atom. The van der Waals surface area contributed by atoms with Crippen molar-refractivity contribution in [1.82, 2.24) is 0 Å². The third-order valence-electron chi connectivity index (χ3n) is 5.29. The molecular weight excluding hydrogens is 838 g/mol. The first-order valence-electron chi connectivity index (χ1n) is 10.6. The van der Waals surface area contributed by atoms with Crippen LogP contribution in [-0.4, -0.2) is 31.9 Å². The van der Waals surface area contributed by atoms with Crippen LogP contribution in [0.2, 0.25) is 0 Å². The Bertz CT molecular complexity index is 1800. The summed E-state index contributed by atoms with van der Waals surface area (Å²) in [7, 11) is -9.66. The number of hydrogen-bond acceptors (Lipinski definition) is 4. The van der Waals surface area contributed by atoms with Crippen LogP contribution in [0, 0.1) is 46.5 Å². The fourth-order valence-corrected chi connectivity index (χ4v) is 4.12. The maximum absolute atomic E-state index is 13.5. The monoisotopic (exact) mass is 838 g/mol. The summed E-state index contributed by atoms with van der Waals surface area (Å²) >= 11 is 0. The second-order valence-corrected chi connectivity index (χ2v) is 12.3. The summed E-state index contributed by atoms with van der Waals surface area (Å²) < 4.78 is 337. The van der Waals surface area contributed by atoms with Crippen molar-refractivity contribution in [2.45, 2.75) is 22.4 Å². The first-order chi connectivity index (χ1) is 22.0. The van der Waals surface area contributed by atoms with E-state index in [2.05, 4.69) is 10.7 Å². The van der Waals surface area contributed by atoms with Crippen LogP contribution in [-0.2, 0) is 31.0 Å². The molecule has 0 radical (unpaired) electrons. The Hall–Kier alpha value is -3.47. The van der Waals surface area contributed by atoms with Gasteiger partial charge in [0.1, 0.15) is 11.1 Å². The maximum Gasteiger partial charge on any atom is 0.436 e. The van der Waals surface area contributed by atoms with E-state index in [0.717, 1.165) is 0 Å². The molecular formula is C20HClF22O5S2. The summed E-state index contributed by atoms with van der Waals surface area (Å²) in [5, 5.41) is -13.2. The van der Waals surface area contributed by atoms with Crippen LogP contribution < -0.4 is 0 Å². The van der Waals surface area contributed by atoms with E-state index in [1.165, 1.54) is 0 Å². The van der Waals surface area contributed by atoms with Gasteiger partial charge in [-0.3, -0.25) is 4.55 Å². The molecule has 5 nitrogen and oxygen atoms in total. The van der Waals surface area contributed by atoms with Gasteiger partial charge in [-0.15, -0.1) is 0 Å². The second kappa shape index (κ2) is 13.9. The minimum Gasteiger partial charge on any atom is -0.281 e. The zero-order valence-corrected chi connectivity index (χ0v) is 24.0. The van der Waals surface area contributed by atoms with Crippen LogP contribution in [0.4, 0.5) is 96.6 Å². The first kappa shape index (κ1) is 44.6. The predicted molar refractivity (Wildman–Crippen MR) is 117 cm³/mol. The summed E-state index contributed by atoms with van der Waals surface area (Å²) in [6, 6.07) is 0. The highest BCUT2D eigenvalue weighted by Crippen LogP contribution is 2.51. The van der Waals surface area contributed by atoms with Crippen LogP contribution in [0.25, 0.3) is 11.7 Å². The fraction of sp³-hybridized carbons (Fsp3) is 0.200. The van der Waals surface area contributed by atoms with E-state index in [-0.39, 0.29) is 0 Å². The average Bonchev–Trinajstić information content (AvgIpc) is 2.94. The first-order valence-corrected chi connectivity index (χ1v) is 14.3. The highest BCUT2D eigenvalue weighted by Gasteiger charge is 2.70. The third-order valence-corrected chi connectivity index (χ3v) is 7.64. The summed E-state index contributed by atoms with van der Waals surface area (Å²) in [5.41, 5.74) is -12.7. The lowest BCUT2D eigenvalue weighted by molar-refractivity contribution is -0.171. The molecule has 2 aromatic rings. The zero-order valence-electron chi connectivity index (χ0n) is 21.6. The molecule has 0 aliphatic rings. The molecule has 0 bridgehead atoms. The summed E-state index contributed by atoms with van der Waals surface area (Å²) in [4.78, 5) is 0. The van der Waals surface area contributed by atoms with Gasteiger partial charge in [-0.25, -0.2) is 52.3 Å². The molecule has 0 heterocycles. The molecule has 0 spiro atoms. The molecule has 0 atom stereocenters. The molecule has 30 heteroatoms. The number of rotatable bonds is 8. The van der Waals surface area contributed by atoms with Crippen molar-refractivity contribution in [3.63, 3.8) is 0 Å². The number of halogens is 23. The molecule has 0 aliphatic heterocycles. The quantitative estimate of drug-likeness (QED) is 0.124. The molecule has 0 aromatic heterocycles. The van der Waals surface area contributed by atoms with Gasteiger partial charge in [0, 0.05) is 10.7 Å². The molecule has 1 N–H and O–H groups in total. The molecule has 0 amide bonds. The highest BCUT2D eigenvalue weighted by atomic mass is 35.7. The molecule has 50 heavy (non-hydrogen) atoms. The van der Waals surface area contributed by atoms with E-state index in [1.54, 1.807) is 0 Å². The highest BCUT2D eigenvalue weighted by molar-refractivity contribution is 8.14. The smallest absolute Gasteiger partial charge is 0.281 e. The van der Waals surface area contributed by atoms with Crippen molar-refractivity contribution >= 4 is 41.5 Å². The average molecular weight is 839 g/mol. The van der Waals surface area contributed by atoms with Gasteiger partial charge in [0.15, 0.2) is 46.5 Å². The lowest BCUT2D eigenvalue weighted by Gasteiger charge is -2.25. The van der Waals surface area contributed by atoms with Crippen molar-refractivity contribution in [3.05, 3.63) is 81.0 Å². The van der Waals surface area contributed by atoms with Gasteiger partial charge in [0.2, 0.25) is 11.7 Å².